The first kappa shape index (κ1) is 37.2. The zero-order valence-electron chi connectivity index (χ0n) is 26.2. The summed E-state index contributed by atoms with van der Waals surface area (Å²) in [5.74, 6) is -1.32. The Labute approximate surface area is 272 Å². The summed E-state index contributed by atoms with van der Waals surface area (Å²) in [5, 5.41) is 11.7. The van der Waals surface area contributed by atoms with E-state index in [0.29, 0.717) is 12.1 Å². The van der Waals surface area contributed by atoms with Gasteiger partial charge in [-0.05, 0) is 79.9 Å². The summed E-state index contributed by atoms with van der Waals surface area (Å²) in [4.78, 5) is 28.0. The van der Waals surface area contributed by atoms with Gasteiger partial charge in [-0.1, -0.05) is 5.10 Å². The van der Waals surface area contributed by atoms with Gasteiger partial charge < -0.3 is 20.1 Å². The number of methoxy groups -OCH3 is 1. The van der Waals surface area contributed by atoms with Gasteiger partial charge in [0, 0.05) is 12.6 Å². The highest BCUT2D eigenvalue weighted by atomic mass is 19.4. The molecule has 2 heterocycles. The maximum absolute atomic E-state index is 14.0. The molecule has 2 N–H and O–H groups in total. The third-order valence-corrected chi connectivity index (χ3v) is 7.45. The monoisotopic (exact) mass is 711 g/mol. The number of benzene rings is 2. The molecule has 0 saturated heterocycles. The fourth-order valence-corrected chi connectivity index (χ4v) is 5.30. The molecule has 0 fully saturated rings. The first-order chi connectivity index (χ1) is 22.6. The maximum Gasteiger partial charge on any atom is 0.416 e. The summed E-state index contributed by atoms with van der Waals surface area (Å²) < 4.78 is 134. The van der Waals surface area contributed by atoms with E-state index in [2.05, 4.69) is 20.1 Å². The van der Waals surface area contributed by atoms with Gasteiger partial charge in [-0.25, -0.2) is 4.79 Å². The van der Waals surface area contributed by atoms with E-state index < -0.39 is 96.1 Å². The average molecular weight is 712 g/mol. The van der Waals surface area contributed by atoms with E-state index in [4.69, 9.17) is 10.5 Å². The molecule has 268 valence electrons. The molecule has 2 aromatic carbocycles. The van der Waals surface area contributed by atoms with Crippen LogP contribution in [0.5, 0.6) is 0 Å². The molecule has 1 aliphatic rings. The number of hydrogen-bond acceptors (Lipinski definition) is 9. The Bertz CT molecular complexity index is 1640. The standard InChI is InChI=1S/C29H30F9N7O4/c1-14(2)49-26(47)45-15(3)7-23(20-11-17(27(30,31)32)5-6-22(20)45)43(25-40-42-44(41-25)13-21(39)24(46)48-4)12-16-8-18(28(33,34)35)10-19(9-16)29(36,37)38/h5-6,8-11,14-15,21,23H,7,12-13,39H2,1-4H3. The lowest BCUT2D eigenvalue weighted by molar-refractivity contribution is -0.144. The number of tetrazole rings is 1. The number of nitrogens with zero attached hydrogens (tertiary/aromatic N) is 6. The van der Waals surface area contributed by atoms with Gasteiger partial charge in [0.15, 0.2) is 0 Å². The number of halogens is 9. The van der Waals surface area contributed by atoms with E-state index in [1.165, 1.54) is 6.92 Å². The lowest BCUT2D eigenvalue weighted by atomic mass is 9.89. The van der Waals surface area contributed by atoms with Crippen molar-refractivity contribution < 1.29 is 58.6 Å². The highest BCUT2D eigenvalue weighted by Gasteiger charge is 2.42. The fraction of sp³-hybridized carbons (Fsp3) is 0.483. The lowest BCUT2D eigenvalue weighted by Crippen LogP contribution is -2.47. The van der Waals surface area contributed by atoms with E-state index in [1.54, 1.807) is 13.8 Å². The Kier molecular flexibility index (Phi) is 10.4. The average Bonchev–Trinajstić information content (AvgIpc) is 3.44. The van der Waals surface area contributed by atoms with E-state index in [0.717, 1.165) is 39.9 Å². The largest absolute Gasteiger partial charge is 0.468 e. The number of nitrogens with two attached hydrogens (primary N) is 1. The number of alkyl halides is 9. The molecule has 3 unspecified atom stereocenters. The Balaban J connectivity index is 1.93. The van der Waals surface area contributed by atoms with Crippen molar-refractivity contribution in [2.75, 3.05) is 16.9 Å². The molecule has 3 aromatic rings. The highest BCUT2D eigenvalue weighted by molar-refractivity contribution is 5.90. The van der Waals surface area contributed by atoms with Gasteiger partial charge in [-0.2, -0.15) is 44.3 Å². The van der Waals surface area contributed by atoms with E-state index >= 15 is 0 Å². The quantitative estimate of drug-likeness (QED) is 0.217. The van der Waals surface area contributed by atoms with Crippen LogP contribution in [-0.2, 0) is 45.9 Å². The topological polar surface area (TPSA) is 129 Å². The molecule has 4 rings (SSSR count). The van der Waals surface area contributed by atoms with Crippen molar-refractivity contribution in [3.05, 3.63) is 64.2 Å². The van der Waals surface area contributed by atoms with Gasteiger partial charge in [0.1, 0.15) is 6.04 Å². The number of aromatic nitrogens is 4. The second-order valence-corrected chi connectivity index (χ2v) is 11.5. The minimum absolute atomic E-state index is 0.0625. The van der Waals surface area contributed by atoms with Crippen LogP contribution in [0.2, 0.25) is 0 Å². The van der Waals surface area contributed by atoms with Gasteiger partial charge in [-0.15, -0.1) is 5.10 Å². The molecule has 0 radical (unpaired) electrons. The van der Waals surface area contributed by atoms with Crippen molar-refractivity contribution in [3.63, 3.8) is 0 Å². The summed E-state index contributed by atoms with van der Waals surface area (Å²) >= 11 is 0. The number of carbonyl (C=O) groups excluding carboxylic acids is 2. The van der Waals surface area contributed by atoms with Crippen LogP contribution < -0.4 is 15.5 Å². The molecule has 1 amide bonds. The maximum atomic E-state index is 14.0. The predicted molar refractivity (Wildman–Crippen MR) is 153 cm³/mol. The van der Waals surface area contributed by atoms with Gasteiger partial charge in [0.05, 0.1) is 48.2 Å². The predicted octanol–water partition coefficient (Wildman–Crippen LogP) is 6.12. The van der Waals surface area contributed by atoms with E-state index in [-0.39, 0.29) is 23.7 Å². The number of amides is 1. The Morgan fingerprint density at radius 1 is 0.959 bits per heavy atom. The lowest BCUT2D eigenvalue weighted by Gasteiger charge is -2.43. The van der Waals surface area contributed by atoms with Crippen LogP contribution in [0.25, 0.3) is 0 Å². The molecule has 11 nitrogen and oxygen atoms in total. The summed E-state index contributed by atoms with van der Waals surface area (Å²) in [6.07, 6.45) is -17.0. The second-order valence-electron chi connectivity index (χ2n) is 11.5. The molecule has 1 aromatic heterocycles. The van der Waals surface area contributed by atoms with Gasteiger partial charge >= 0.3 is 30.6 Å². The van der Waals surface area contributed by atoms with Crippen molar-refractivity contribution in [2.24, 2.45) is 5.73 Å². The molecular formula is C29H30F9N7O4. The van der Waals surface area contributed by atoms with Gasteiger partial charge in [0.2, 0.25) is 0 Å². The summed E-state index contributed by atoms with van der Waals surface area (Å²) in [6.45, 7) is 3.40. The van der Waals surface area contributed by atoms with Crippen LogP contribution in [0, 0.1) is 0 Å². The third-order valence-electron chi connectivity index (χ3n) is 7.45. The van der Waals surface area contributed by atoms with E-state index in [1.807, 2.05) is 0 Å². The number of ether oxygens (including phenoxy) is 2. The molecule has 0 spiro atoms. The number of rotatable bonds is 8. The smallest absolute Gasteiger partial charge is 0.416 e. The third kappa shape index (κ3) is 8.52. The highest BCUT2D eigenvalue weighted by Crippen LogP contribution is 2.45. The van der Waals surface area contributed by atoms with Crippen molar-refractivity contribution in [3.8, 4) is 0 Å². The minimum atomic E-state index is -5.20. The summed E-state index contributed by atoms with van der Waals surface area (Å²) in [6, 6.07) is -0.114. The Morgan fingerprint density at radius 3 is 2.08 bits per heavy atom. The normalized spacial score (nSPS) is 17.5. The van der Waals surface area contributed by atoms with Crippen LogP contribution >= 0.6 is 0 Å². The zero-order chi connectivity index (χ0) is 36.6. The molecule has 1 aliphatic heterocycles. The van der Waals surface area contributed by atoms with Crippen LogP contribution in [0.3, 0.4) is 0 Å². The summed E-state index contributed by atoms with van der Waals surface area (Å²) in [7, 11) is 1.06. The van der Waals surface area contributed by atoms with Crippen LogP contribution in [0.15, 0.2) is 36.4 Å². The molecule has 0 saturated carbocycles. The molecule has 0 aliphatic carbocycles. The van der Waals surface area contributed by atoms with Crippen LogP contribution in [0.4, 0.5) is 55.9 Å². The van der Waals surface area contributed by atoms with E-state index in [9.17, 15) is 49.1 Å². The van der Waals surface area contributed by atoms with Gasteiger partial charge in [0.25, 0.3) is 5.95 Å². The number of hydrogen-bond donors (Lipinski definition) is 1. The Hall–Kier alpha value is -4.62. The SMILES string of the molecule is COC(=O)C(N)Cn1nnc(N(Cc2cc(C(F)(F)F)cc(C(F)(F)F)c2)C2CC(C)N(C(=O)OC(C)C)c3ccc(C(F)(F)F)cc32)n1. The van der Waals surface area contributed by atoms with Crippen molar-refractivity contribution in [1.29, 1.82) is 0 Å². The molecular weight excluding hydrogens is 681 g/mol. The Morgan fingerprint density at radius 2 is 1.55 bits per heavy atom. The number of fused-ring (bicyclic) bond motifs is 1. The second kappa shape index (κ2) is 13.7. The minimum Gasteiger partial charge on any atom is -0.468 e. The van der Waals surface area contributed by atoms with Crippen LogP contribution in [-0.4, -0.2) is 57.6 Å². The van der Waals surface area contributed by atoms with Crippen molar-refractivity contribution in [1.82, 2.24) is 20.2 Å². The van der Waals surface area contributed by atoms with Crippen molar-refractivity contribution in [2.45, 2.75) is 83.0 Å². The first-order valence-electron chi connectivity index (χ1n) is 14.5. The number of carbonyl (C=O) groups is 2. The van der Waals surface area contributed by atoms with Gasteiger partial charge in [-0.3, -0.25) is 9.69 Å². The summed E-state index contributed by atoms with van der Waals surface area (Å²) in [5.41, 5.74) is 0.559. The molecule has 49 heavy (non-hydrogen) atoms. The van der Waals surface area contributed by atoms with Crippen molar-refractivity contribution >= 4 is 23.7 Å². The molecule has 3 atom stereocenters. The molecule has 0 bridgehead atoms. The molecule has 20 heteroatoms. The number of esters is 1. The zero-order valence-corrected chi connectivity index (χ0v) is 26.2. The first-order valence-corrected chi connectivity index (χ1v) is 14.5. The van der Waals surface area contributed by atoms with Crippen LogP contribution in [0.1, 0.15) is 61.1 Å². The fourth-order valence-electron chi connectivity index (χ4n) is 5.30. The number of anilines is 2.